The number of carbonyl (C=O) groups is 1. The maximum absolute atomic E-state index is 10.1. The number of hydrogen-bond donors (Lipinski definition) is 1. The van der Waals surface area contributed by atoms with E-state index < -0.39 is 5.97 Å². The molecule has 0 bridgehead atoms. The lowest BCUT2D eigenvalue weighted by atomic mass is 10.4. The molecule has 0 amide bonds. The van der Waals surface area contributed by atoms with E-state index in [4.69, 9.17) is 5.11 Å². The minimum atomic E-state index is -0.881. The van der Waals surface area contributed by atoms with Crippen LogP contribution in [0.2, 0.25) is 0 Å². The summed E-state index contributed by atoms with van der Waals surface area (Å²) in [5, 5.41) is 8.29. The number of likely N-dealkylation sites (N-methyl/N-ethyl adjacent to an activating group) is 1. The molecular weight excluding hydrogens is 174 g/mol. The van der Waals surface area contributed by atoms with Gasteiger partial charge in [-0.15, -0.1) is 0 Å². The van der Waals surface area contributed by atoms with E-state index in [1.807, 2.05) is 7.05 Å². The molecule has 12 heavy (non-hydrogen) atoms. The topological polar surface area (TPSA) is 40.5 Å². The summed E-state index contributed by atoms with van der Waals surface area (Å²) in [6, 6.07) is 0. The van der Waals surface area contributed by atoms with Gasteiger partial charge in [0.2, 0.25) is 0 Å². The SMILES string of the molecule is CSCCN(C)C/C=C/C(=O)O. The number of hydrogen-bond acceptors (Lipinski definition) is 3. The average molecular weight is 189 g/mol. The van der Waals surface area contributed by atoms with E-state index in [1.165, 1.54) is 6.08 Å². The number of carboxylic acids is 1. The fourth-order valence-corrected chi connectivity index (χ4v) is 1.17. The molecule has 0 saturated carbocycles. The fourth-order valence-electron chi connectivity index (χ4n) is 0.672. The number of nitrogens with zero attached hydrogens (tertiary/aromatic N) is 1. The second-order valence-corrected chi connectivity index (χ2v) is 3.48. The number of thioether (sulfide) groups is 1. The van der Waals surface area contributed by atoms with Crippen molar-refractivity contribution < 1.29 is 9.90 Å². The first-order valence-electron chi connectivity index (χ1n) is 3.73. The zero-order valence-corrected chi connectivity index (χ0v) is 8.30. The second kappa shape index (κ2) is 7.18. The van der Waals surface area contributed by atoms with Crippen LogP contribution < -0.4 is 0 Å². The van der Waals surface area contributed by atoms with Gasteiger partial charge in [-0.05, 0) is 13.3 Å². The van der Waals surface area contributed by atoms with Crippen molar-refractivity contribution in [1.82, 2.24) is 4.90 Å². The molecule has 3 nitrogen and oxygen atoms in total. The Bertz CT molecular complexity index is 159. The van der Waals surface area contributed by atoms with Crippen LogP contribution in [0.5, 0.6) is 0 Å². The predicted molar refractivity (Wildman–Crippen MR) is 52.7 cm³/mol. The van der Waals surface area contributed by atoms with Gasteiger partial charge in [0.1, 0.15) is 0 Å². The lowest BCUT2D eigenvalue weighted by Crippen LogP contribution is -2.21. The van der Waals surface area contributed by atoms with Gasteiger partial charge in [-0.3, -0.25) is 0 Å². The molecule has 0 aliphatic heterocycles. The third-order valence-corrected chi connectivity index (χ3v) is 1.95. The molecule has 1 N–H and O–H groups in total. The van der Waals surface area contributed by atoms with Crippen LogP contribution in [-0.4, -0.2) is 48.1 Å². The Kier molecular flexibility index (Phi) is 6.90. The lowest BCUT2D eigenvalue weighted by Gasteiger charge is -2.12. The second-order valence-electron chi connectivity index (χ2n) is 2.50. The van der Waals surface area contributed by atoms with Gasteiger partial charge >= 0.3 is 5.97 Å². The van der Waals surface area contributed by atoms with Crippen LogP contribution in [-0.2, 0) is 4.79 Å². The van der Waals surface area contributed by atoms with E-state index in [-0.39, 0.29) is 0 Å². The van der Waals surface area contributed by atoms with Crippen molar-refractivity contribution in [3.05, 3.63) is 12.2 Å². The van der Waals surface area contributed by atoms with E-state index in [2.05, 4.69) is 11.2 Å². The van der Waals surface area contributed by atoms with Crippen molar-refractivity contribution in [3.63, 3.8) is 0 Å². The van der Waals surface area contributed by atoms with Gasteiger partial charge in [-0.2, -0.15) is 11.8 Å². The monoisotopic (exact) mass is 189 g/mol. The fraction of sp³-hybridized carbons (Fsp3) is 0.625. The van der Waals surface area contributed by atoms with Gasteiger partial charge < -0.3 is 10.0 Å². The Morgan fingerprint density at radius 2 is 2.33 bits per heavy atom. The van der Waals surface area contributed by atoms with E-state index in [9.17, 15) is 4.79 Å². The molecule has 0 aromatic rings. The van der Waals surface area contributed by atoms with Crippen LogP contribution in [0.1, 0.15) is 0 Å². The first-order chi connectivity index (χ1) is 5.66. The molecule has 0 radical (unpaired) electrons. The van der Waals surface area contributed by atoms with Crippen LogP contribution in [0.4, 0.5) is 0 Å². The minimum Gasteiger partial charge on any atom is -0.478 e. The highest BCUT2D eigenvalue weighted by Crippen LogP contribution is 1.92. The Balaban J connectivity index is 3.42. The van der Waals surface area contributed by atoms with Crippen molar-refractivity contribution >= 4 is 17.7 Å². The molecular formula is C8H15NO2S. The molecule has 0 unspecified atom stereocenters. The van der Waals surface area contributed by atoms with Crippen LogP contribution in [0, 0.1) is 0 Å². The zero-order chi connectivity index (χ0) is 9.40. The molecule has 0 aromatic heterocycles. The van der Waals surface area contributed by atoms with Crippen LogP contribution in [0.15, 0.2) is 12.2 Å². The minimum absolute atomic E-state index is 0.701. The van der Waals surface area contributed by atoms with Crippen molar-refractivity contribution in [1.29, 1.82) is 0 Å². The van der Waals surface area contributed by atoms with Crippen LogP contribution in [0.3, 0.4) is 0 Å². The third-order valence-electron chi connectivity index (χ3n) is 1.35. The summed E-state index contributed by atoms with van der Waals surface area (Å²) >= 11 is 1.79. The molecule has 4 heteroatoms. The molecule has 70 valence electrons. The van der Waals surface area contributed by atoms with Gasteiger partial charge in [0.15, 0.2) is 0 Å². The largest absolute Gasteiger partial charge is 0.478 e. The molecule has 0 spiro atoms. The summed E-state index contributed by atoms with van der Waals surface area (Å²) in [4.78, 5) is 12.2. The van der Waals surface area contributed by atoms with Gasteiger partial charge in [0.05, 0.1) is 0 Å². The number of carboxylic acid groups (broad SMARTS) is 1. The molecule has 0 rings (SSSR count). The number of aliphatic carboxylic acids is 1. The molecule has 0 heterocycles. The molecule has 0 aliphatic rings. The van der Waals surface area contributed by atoms with E-state index >= 15 is 0 Å². The van der Waals surface area contributed by atoms with Gasteiger partial charge in [0, 0.05) is 24.9 Å². The van der Waals surface area contributed by atoms with Crippen molar-refractivity contribution in [2.24, 2.45) is 0 Å². The van der Waals surface area contributed by atoms with Gasteiger partial charge in [-0.1, -0.05) is 6.08 Å². The molecule has 0 atom stereocenters. The summed E-state index contributed by atoms with van der Waals surface area (Å²) in [7, 11) is 1.97. The van der Waals surface area contributed by atoms with E-state index in [1.54, 1.807) is 17.8 Å². The summed E-state index contributed by atoms with van der Waals surface area (Å²) < 4.78 is 0. The Hall–Kier alpha value is -0.480. The molecule has 0 saturated heterocycles. The van der Waals surface area contributed by atoms with E-state index in [0.717, 1.165) is 12.3 Å². The zero-order valence-electron chi connectivity index (χ0n) is 7.49. The Labute approximate surface area is 77.4 Å². The molecule has 0 aliphatic carbocycles. The average Bonchev–Trinajstić information content (AvgIpc) is 2.00. The number of rotatable bonds is 6. The predicted octanol–water partition coefficient (Wildman–Crippen LogP) is 0.922. The van der Waals surface area contributed by atoms with Crippen LogP contribution in [0.25, 0.3) is 0 Å². The maximum Gasteiger partial charge on any atom is 0.328 e. The molecule has 0 fully saturated rings. The lowest BCUT2D eigenvalue weighted by molar-refractivity contribution is -0.131. The Morgan fingerprint density at radius 1 is 1.67 bits per heavy atom. The van der Waals surface area contributed by atoms with E-state index in [0.29, 0.717) is 6.54 Å². The van der Waals surface area contributed by atoms with Crippen molar-refractivity contribution in [2.45, 2.75) is 0 Å². The third kappa shape index (κ3) is 7.63. The summed E-state index contributed by atoms with van der Waals surface area (Å²) in [5.74, 6) is 0.200. The normalized spacial score (nSPS) is 11.2. The highest BCUT2D eigenvalue weighted by Gasteiger charge is 1.93. The van der Waals surface area contributed by atoms with Crippen molar-refractivity contribution in [2.75, 3.05) is 32.1 Å². The summed E-state index contributed by atoms with van der Waals surface area (Å²) in [5.41, 5.74) is 0. The van der Waals surface area contributed by atoms with Gasteiger partial charge in [0.25, 0.3) is 0 Å². The smallest absolute Gasteiger partial charge is 0.328 e. The van der Waals surface area contributed by atoms with Gasteiger partial charge in [-0.25, -0.2) is 4.79 Å². The Morgan fingerprint density at radius 3 is 2.83 bits per heavy atom. The maximum atomic E-state index is 10.1. The first-order valence-corrected chi connectivity index (χ1v) is 5.13. The standard InChI is InChI=1S/C8H15NO2S/c1-9(6-7-12-2)5-3-4-8(10)11/h3-4H,5-7H2,1-2H3,(H,10,11)/b4-3+. The van der Waals surface area contributed by atoms with Crippen LogP contribution >= 0.6 is 11.8 Å². The quantitative estimate of drug-likeness (QED) is 0.631. The first kappa shape index (κ1) is 11.5. The summed E-state index contributed by atoms with van der Waals surface area (Å²) in [6.45, 7) is 1.69. The van der Waals surface area contributed by atoms with Crippen molar-refractivity contribution in [3.8, 4) is 0 Å². The highest BCUT2D eigenvalue weighted by atomic mass is 32.2. The highest BCUT2D eigenvalue weighted by molar-refractivity contribution is 7.98. The molecule has 0 aromatic carbocycles. The summed E-state index contributed by atoms with van der Waals surface area (Å²) in [6.07, 6.45) is 4.89.